The van der Waals surface area contributed by atoms with Gasteiger partial charge in [-0.2, -0.15) is 0 Å². The fourth-order valence-corrected chi connectivity index (χ4v) is 3.41. The molecule has 2 heterocycles. The Hall–Kier alpha value is -1.36. The van der Waals surface area contributed by atoms with Crippen LogP contribution >= 0.6 is 22.9 Å². The summed E-state index contributed by atoms with van der Waals surface area (Å²) < 4.78 is 2.25. The molecule has 3 aromatic rings. The van der Waals surface area contributed by atoms with Crippen LogP contribution < -0.4 is 5.32 Å². The number of hydrogen-bond donors (Lipinski definition) is 1. The summed E-state index contributed by atoms with van der Waals surface area (Å²) in [6, 6.07) is 8.41. The number of hydrogen-bond acceptors (Lipinski definition) is 3. The third-order valence-electron chi connectivity index (χ3n) is 3.55. The van der Waals surface area contributed by atoms with Crippen molar-refractivity contribution in [3.63, 3.8) is 0 Å². The SMILES string of the molecule is Cc1cnc([C@H](C)NCCn2ccc3cc(Cl)ccc32)s1. The summed E-state index contributed by atoms with van der Waals surface area (Å²) in [6.07, 6.45) is 4.04. The van der Waals surface area contributed by atoms with Gasteiger partial charge in [0.25, 0.3) is 0 Å². The molecule has 5 heteroatoms. The highest BCUT2D eigenvalue weighted by atomic mass is 35.5. The number of nitrogens with one attached hydrogen (secondary N) is 1. The number of thiazole rings is 1. The van der Waals surface area contributed by atoms with E-state index in [9.17, 15) is 0 Å². The first-order valence-electron chi connectivity index (χ1n) is 7.03. The summed E-state index contributed by atoms with van der Waals surface area (Å²) in [7, 11) is 0. The van der Waals surface area contributed by atoms with Gasteiger partial charge in [-0.1, -0.05) is 11.6 Å². The first kappa shape index (κ1) is 14.6. The second kappa shape index (κ2) is 6.18. The minimum Gasteiger partial charge on any atom is -0.346 e. The van der Waals surface area contributed by atoms with Crippen LogP contribution in [0.2, 0.25) is 5.02 Å². The molecule has 0 unspecified atom stereocenters. The molecule has 3 nitrogen and oxygen atoms in total. The van der Waals surface area contributed by atoms with Gasteiger partial charge in [-0.05, 0) is 38.1 Å². The van der Waals surface area contributed by atoms with E-state index in [-0.39, 0.29) is 0 Å². The summed E-state index contributed by atoms with van der Waals surface area (Å²) in [5.74, 6) is 0. The zero-order valence-corrected chi connectivity index (χ0v) is 13.7. The molecule has 0 aliphatic heterocycles. The Morgan fingerprint density at radius 1 is 1.38 bits per heavy atom. The van der Waals surface area contributed by atoms with Crippen molar-refractivity contribution in [2.75, 3.05) is 6.54 Å². The van der Waals surface area contributed by atoms with Gasteiger partial charge in [0.15, 0.2) is 0 Å². The second-order valence-electron chi connectivity index (χ2n) is 5.20. The van der Waals surface area contributed by atoms with Crippen LogP contribution in [-0.4, -0.2) is 16.1 Å². The molecule has 1 N–H and O–H groups in total. The molecule has 0 bridgehead atoms. The van der Waals surface area contributed by atoms with Crippen molar-refractivity contribution < 1.29 is 0 Å². The molecule has 0 aliphatic rings. The highest BCUT2D eigenvalue weighted by Crippen LogP contribution is 2.21. The summed E-state index contributed by atoms with van der Waals surface area (Å²) >= 11 is 7.77. The smallest absolute Gasteiger partial charge is 0.109 e. The van der Waals surface area contributed by atoms with Crippen molar-refractivity contribution in [3.05, 3.63) is 51.6 Å². The van der Waals surface area contributed by atoms with Gasteiger partial charge in [0, 0.05) is 46.3 Å². The number of benzene rings is 1. The van der Waals surface area contributed by atoms with E-state index < -0.39 is 0 Å². The lowest BCUT2D eigenvalue weighted by Crippen LogP contribution is -2.23. The monoisotopic (exact) mass is 319 g/mol. The molecule has 0 spiro atoms. The Balaban J connectivity index is 1.62. The first-order chi connectivity index (χ1) is 10.1. The number of halogens is 1. The van der Waals surface area contributed by atoms with Crippen LogP contribution in [0.5, 0.6) is 0 Å². The predicted molar refractivity (Wildman–Crippen MR) is 90.2 cm³/mol. The van der Waals surface area contributed by atoms with E-state index in [0.29, 0.717) is 6.04 Å². The molecule has 110 valence electrons. The summed E-state index contributed by atoms with van der Waals surface area (Å²) in [5, 5.41) is 6.65. The molecule has 3 rings (SSSR count). The molecular weight excluding hydrogens is 302 g/mol. The van der Waals surface area contributed by atoms with Crippen LogP contribution in [0.4, 0.5) is 0 Å². The van der Waals surface area contributed by atoms with Gasteiger partial charge < -0.3 is 9.88 Å². The molecule has 1 atom stereocenters. The molecule has 0 fully saturated rings. The lowest BCUT2D eigenvalue weighted by Gasteiger charge is -2.12. The number of nitrogens with zero attached hydrogens (tertiary/aromatic N) is 2. The molecule has 0 aliphatic carbocycles. The van der Waals surface area contributed by atoms with E-state index in [1.807, 2.05) is 18.3 Å². The first-order valence-corrected chi connectivity index (χ1v) is 8.23. The van der Waals surface area contributed by atoms with Gasteiger partial charge in [-0.3, -0.25) is 0 Å². The molecule has 0 saturated carbocycles. The Kier molecular flexibility index (Phi) is 4.29. The summed E-state index contributed by atoms with van der Waals surface area (Å²) in [5.41, 5.74) is 1.22. The molecule has 1 aromatic carbocycles. The maximum atomic E-state index is 6.02. The van der Waals surface area contributed by atoms with E-state index in [1.165, 1.54) is 15.8 Å². The van der Waals surface area contributed by atoms with Gasteiger partial charge in [-0.25, -0.2) is 4.98 Å². The minimum absolute atomic E-state index is 0.292. The lowest BCUT2D eigenvalue weighted by atomic mass is 10.2. The average Bonchev–Trinajstić information content (AvgIpc) is 3.05. The third-order valence-corrected chi connectivity index (χ3v) is 4.88. The number of rotatable bonds is 5. The highest BCUT2D eigenvalue weighted by molar-refractivity contribution is 7.11. The van der Waals surface area contributed by atoms with Crippen LogP contribution in [0.1, 0.15) is 22.9 Å². The van der Waals surface area contributed by atoms with Crippen LogP contribution in [0, 0.1) is 6.92 Å². The van der Waals surface area contributed by atoms with Crippen molar-refractivity contribution in [1.82, 2.24) is 14.9 Å². The zero-order valence-electron chi connectivity index (χ0n) is 12.1. The van der Waals surface area contributed by atoms with Crippen molar-refractivity contribution >= 4 is 33.8 Å². The number of aromatic nitrogens is 2. The van der Waals surface area contributed by atoms with Crippen LogP contribution in [0.15, 0.2) is 36.7 Å². The van der Waals surface area contributed by atoms with Gasteiger partial charge in [0.1, 0.15) is 5.01 Å². The van der Waals surface area contributed by atoms with Crippen molar-refractivity contribution in [2.45, 2.75) is 26.4 Å². The third kappa shape index (κ3) is 3.28. The van der Waals surface area contributed by atoms with E-state index in [0.717, 1.165) is 23.1 Å². The number of fused-ring (bicyclic) bond motifs is 1. The van der Waals surface area contributed by atoms with Crippen molar-refractivity contribution in [2.24, 2.45) is 0 Å². The quantitative estimate of drug-likeness (QED) is 0.755. The fraction of sp³-hybridized carbons (Fsp3) is 0.312. The Morgan fingerprint density at radius 2 is 2.24 bits per heavy atom. The van der Waals surface area contributed by atoms with Crippen molar-refractivity contribution in [1.29, 1.82) is 0 Å². The molecule has 0 amide bonds. The van der Waals surface area contributed by atoms with E-state index in [1.54, 1.807) is 11.3 Å². The van der Waals surface area contributed by atoms with Crippen LogP contribution in [0.3, 0.4) is 0 Å². The van der Waals surface area contributed by atoms with Crippen LogP contribution in [-0.2, 0) is 6.54 Å². The Morgan fingerprint density at radius 3 is 3.00 bits per heavy atom. The molecule has 2 aromatic heterocycles. The van der Waals surface area contributed by atoms with Gasteiger partial charge in [-0.15, -0.1) is 11.3 Å². The van der Waals surface area contributed by atoms with E-state index in [4.69, 9.17) is 11.6 Å². The van der Waals surface area contributed by atoms with Gasteiger partial charge in [0.05, 0.1) is 6.04 Å². The maximum absolute atomic E-state index is 6.02. The molecule has 0 radical (unpaired) electrons. The molecular formula is C16H18ClN3S. The largest absolute Gasteiger partial charge is 0.346 e. The average molecular weight is 320 g/mol. The lowest BCUT2D eigenvalue weighted by molar-refractivity contribution is 0.535. The topological polar surface area (TPSA) is 29.9 Å². The van der Waals surface area contributed by atoms with Gasteiger partial charge >= 0.3 is 0 Å². The molecule has 21 heavy (non-hydrogen) atoms. The Labute approximate surface area is 133 Å². The highest BCUT2D eigenvalue weighted by Gasteiger charge is 2.08. The predicted octanol–water partition coefficient (Wildman–Crippen LogP) is 4.41. The Bertz CT molecular complexity index is 747. The summed E-state index contributed by atoms with van der Waals surface area (Å²) in [4.78, 5) is 5.68. The standard InChI is InChI=1S/C16H18ClN3S/c1-11-10-19-16(21-11)12(2)18-6-8-20-7-5-13-9-14(17)3-4-15(13)20/h3-5,7,9-10,12,18H,6,8H2,1-2H3/t12-/m0/s1. The zero-order chi connectivity index (χ0) is 14.8. The van der Waals surface area contributed by atoms with E-state index in [2.05, 4.69) is 47.0 Å². The second-order valence-corrected chi connectivity index (χ2v) is 6.90. The van der Waals surface area contributed by atoms with Crippen LogP contribution in [0.25, 0.3) is 10.9 Å². The van der Waals surface area contributed by atoms with Gasteiger partial charge in [0.2, 0.25) is 0 Å². The number of aryl methyl sites for hydroxylation is 1. The van der Waals surface area contributed by atoms with E-state index >= 15 is 0 Å². The minimum atomic E-state index is 0.292. The van der Waals surface area contributed by atoms with Crippen molar-refractivity contribution in [3.8, 4) is 0 Å². The normalized spacial score (nSPS) is 12.9. The fourth-order valence-electron chi connectivity index (χ4n) is 2.43. The molecule has 0 saturated heterocycles. The summed E-state index contributed by atoms with van der Waals surface area (Å²) in [6.45, 7) is 6.09. The maximum Gasteiger partial charge on any atom is 0.109 e.